The highest BCUT2D eigenvalue weighted by Crippen LogP contribution is 2.21. The molecule has 0 aromatic carbocycles. The van der Waals surface area contributed by atoms with Gasteiger partial charge in [-0.05, 0) is 40.7 Å². The van der Waals surface area contributed by atoms with Gasteiger partial charge in [-0.15, -0.1) is 0 Å². The van der Waals surface area contributed by atoms with Crippen molar-refractivity contribution >= 4 is 0 Å². The highest BCUT2D eigenvalue weighted by Gasteiger charge is 2.27. The van der Waals surface area contributed by atoms with Crippen molar-refractivity contribution in [1.82, 2.24) is 15.5 Å². The molecule has 1 N–H and O–H groups in total. The molecule has 1 heterocycles. The Labute approximate surface area is 109 Å². The third kappa shape index (κ3) is 4.38. The number of aromatic nitrogens is 2. The fourth-order valence-electron chi connectivity index (χ4n) is 1.82. The first-order chi connectivity index (χ1) is 8.49. The maximum Gasteiger partial charge on any atom is 0.226 e. The van der Waals surface area contributed by atoms with Crippen LogP contribution < -0.4 is 5.32 Å². The molecule has 1 rings (SSSR count). The number of nitrogens with one attached hydrogen (secondary N) is 1. The van der Waals surface area contributed by atoms with Gasteiger partial charge in [0.05, 0.1) is 0 Å². The van der Waals surface area contributed by atoms with E-state index in [9.17, 15) is 0 Å². The minimum atomic E-state index is -0.482. The van der Waals surface area contributed by atoms with E-state index < -0.39 is 5.60 Å². The second-order valence-corrected chi connectivity index (χ2v) is 4.95. The van der Waals surface area contributed by atoms with Gasteiger partial charge in [-0.2, -0.15) is 4.98 Å². The Morgan fingerprint density at radius 2 is 2.11 bits per heavy atom. The molecule has 18 heavy (non-hydrogen) atoms. The summed E-state index contributed by atoms with van der Waals surface area (Å²) in [4.78, 5) is 4.40. The van der Waals surface area contributed by atoms with E-state index in [0.717, 1.165) is 19.4 Å². The number of rotatable bonds is 8. The van der Waals surface area contributed by atoms with Crippen LogP contribution in [0.4, 0.5) is 0 Å². The Kier molecular flexibility index (Phi) is 5.75. The fraction of sp³-hybridized carbons (Fsp3) is 0.846. The van der Waals surface area contributed by atoms with E-state index in [1.54, 1.807) is 0 Å². The van der Waals surface area contributed by atoms with Gasteiger partial charge in [0.25, 0.3) is 0 Å². The first-order valence-electron chi connectivity index (χ1n) is 6.70. The summed E-state index contributed by atoms with van der Waals surface area (Å²) in [5.74, 6) is 1.30. The van der Waals surface area contributed by atoms with Gasteiger partial charge in [-0.25, -0.2) is 0 Å². The van der Waals surface area contributed by atoms with Crippen molar-refractivity contribution in [3.63, 3.8) is 0 Å². The lowest BCUT2D eigenvalue weighted by molar-refractivity contribution is -0.0221. The van der Waals surface area contributed by atoms with Crippen LogP contribution in [0.5, 0.6) is 0 Å². The molecule has 5 nitrogen and oxygen atoms in total. The molecule has 0 saturated heterocycles. The largest absolute Gasteiger partial charge is 0.368 e. The van der Waals surface area contributed by atoms with Gasteiger partial charge in [-0.1, -0.05) is 12.1 Å². The number of hydrogen-bond acceptors (Lipinski definition) is 5. The number of ether oxygens (including phenoxy) is 1. The molecule has 1 unspecified atom stereocenters. The molecular weight excluding hydrogens is 230 g/mol. The van der Waals surface area contributed by atoms with E-state index in [-0.39, 0.29) is 0 Å². The molecule has 1 aromatic heterocycles. The van der Waals surface area contributed by atoms with Crippen molar-refractivity contribution in [2.75, 3.05) is 13.2 Å². The van der Waals surface area contributed by atoms with Crippen LogP contribution in [0.1, 0.15) is 52.8 Å². The molecule has 5 heteroatoms. The fourth-order valence-corrected chi connectivity index (χ4v) is 1.82. The summed E-state index contributed by atoms with van der Waals surface area (Å²) in [5, 5.41) is 7.36. The highest BCUT2D eigenvalue weighted by molar-refractivity contribution is 4.97. The van der Waals surface area contributed by atoms with E-state index in [2.05, 4.69) is 29.3 Å². The molecule has 0 bridgehead atoms. The minimum Gasteiger partial charge on any atom is -0.368 e. The zero-order valence-electron chi connectivity index (χ0n) is 12.1. The Balaban J connectivity index is 2.53. The van der Waals surface area contributed by atoms with E-state index in [0.29, 0.717) is 24.4 Å². The van der Waals surface area contributed by atoms with Crippen molar-refractivity contribution in [2.24, 2.45) is 0 Å². The zero-order valence-corrected chi connectivity index (χ0v) is 12.1. The van der Waals surface area contributed by atoms with Crippen LogP contribution in [0.15, 0.2) is 4.52 Å². The second kappa shape index (κ2) is 6.85. The second-order valence-electron chi connectivity index (χ2n) is 4.95. The van der Waals surface area contributed by atoms with Crippen LogP contribution in [0.3, 0.4) is 0 Å². The Morgan fingerprint density at radius 3 is 2.72 bits per heavy atom. The lowest BCUT2D eigenvalue weighted by atomic mass is 10.1. The molecule has 0 saturated carbocycles. The normalized spacial score (nSPS) is 13.8. The third-order valence-electron chi connectivity index (χ3n) is 2.86. The predicted octanol–water partition coefficient (Wildman–Crippen LogP) is 2.27. The van der Waals surface area contributed by atoms with Crippen molar-refractivity contribution in [3.05, 3.63) is 11.7 Å². The maximum atomic E-state index is 5.60. The summed E-state index contributed by atoms with van der Waals surface area (Å²) >= 11 is 0. The molecular formula is C13H25N3O2. The van der Waals surface area contributed by atoms with E-state index in [1.807, 2.05) is 20.8 Å². The summed E-state index contributed by atoms with van der Waals surface area (Å²) in [7, 11) is 0. The lowest BCUT2D eigenvalue weighted by Gasteiger charge is -2.19. The highest BCUT2D eigenvalue weighted by atomic mass is 16.5. The SMILES string of the molecule is CCNC(C)CCc1nc(C(C)(C)OCC)no1. The molecule has 0 aliphatic rings. The average Bonchev–Trinajstić information content (AvgIpc) is 2.76. The quantitative estimate of drug-likeness (QED) is 0.772. The van der Waals surface area contributed by atoms with Crippen LogP contribution >= 0.6 is 0 Å². The van der Waals surface area contributed by atoms with E-state index >= 15 is 0 Å². The van der Waals surface area contributed by atoms with Gasteiger partial charge >= 0.3 is 0 Å². The molecule has 0 fully saturated rings. The maximum absolute atomic E-state index is 5.60. The van der Waals surface area contributed by atoms with Gasteiger partial charge < -0.3 is 14.6 Å². The standard InChI is InChI=1S/C13H25N3O2/c1-6-14-10(3)8-9-11-15-12(16-18-11)13(4,5)17-7-2/h10,14H,6-9H2,1-5H3. The first kappa shape index (κ1) is 15.1. The van der Waals surface area contributed by atoms with Crippen molar-refractivity contribution in [1.29, 1.82) is 0 Å². The van der Waals surface area contributed by atoms with E-state index in [1.165, 1.54) is 0 Å². The third-order valence-corrected chi connectivity index (χ3v) is 2.86. The van der Waals surface area contributed by atoms with Crippen molar-refractivity contribution in [2.45, 2.75) is 59.1 Å². The molecule has 1 aromatic rings. The van der Waals surface area contributed by atoms with Gasteiger partial charge in [0.1, 0.15) is 5.60 Å². The predicted molar refractivity (Wildman–Crippen MR) is 70.4 cm³/mol. The van der Waals surface area contributed by atoms with Crippen LogP contribution in [-0.2, 0) is 16.8 Å². The zero-order chi connectivity index (χ0) is 13.6. The van der Waals surface area contributed by atoms with Crippen LogP contribution in [0.2, 0.25) is 0 Å². The van der Waals surface area contributed by atoms with Crippen molar-refractivity contribution < 1.29 is 9.26 Å². The van der Waals surface area contributed by atoms with Crippen LogP contribution in [0, 0.1) is 0 Å². The minimum absolute atomic E-state index is 0.463. The number of nitrogens with zero attached hydrogens (tertiary/aromatic N) is 2. The monoisotopic (exact) mass is 255 g/mol. The van der Waals surface area contributed by atoms with Crippen LogP contribution in [0.25, 0.3) is 0 Å². The molecule has 0 spiro atoms. The summed E-state index contributed by atoms with van der Waals surface area (Å²) < 4.78 is 10.9. The van der Waals surface area contributed by atoms with Gasteiger partial charge in [0.2, 0.25) is 11.7 Å². The molecule has 0 amide bonds. The van der Waals surface area contributed by atoms with Gasteiger partial charge in [0, 0.05) is 19.1 Å². The number of aryl methyl sites for hydroxylation is 1. The smallest absolute Gasteiger partial charge is 0.226 e. The Hall–Kier alpha value is -0.940. The molecule has 0 aliphatic heterocycles. The summed E-state index contributed by atoms with van der Waals surface area (Å²) in [5.41, 5.74) is -0.482. The molecule has 0 aliphatic carbocycles. The Bertz CT molecular complexity index is 350. The Morgan fingerprint density at radius 1 is 1.39 bits per heavy atom. The molecule has 0 radical (unpaired) electrons. The lowest BCUT2D eigenvalue weighted by Crippen LogP contribution is -2.26. The summed E-state index contributed by atoms with van der Waals surface area (Å²) in [6.45, 7) is 11.7. The van der Waals surface area contributed by atoms with Gasteiger partial charge in [-0.3, -0.25) is 0 Å². The van der Waals surface area contributed by atoms with Gasteiger partial charge in [0.15, 0.2) is 0 Å². The summed E-state index contributed by atoms with van der Waals surface area (Å²) in [6, 6.07) is 0.463. The topological polar surface area (TPSA) is 60.2 Å². The summed E-state index contributed by atoms with van der Waals surface area (Å²) in [6.07, 6.45) is 1.79. The molecule has 1 atom stereocenters. The van der Waals surface area contributed by atoms with Crippen molar-refractivity contribution in [3.8, 4) is 0 Å². The molecule has 104 valence electrons. The number of hydrogen-bond donors (Lipinski definition) is 1. The van der Waals surface area contributed by atoms with Crippen LogP contribution in [-0.4, -0.2) is 29.3 Å². The first-order valence-corrected chi connectivity index (χ1v) is 6.70. The van der Waals surface area contributed by atoms with E-state index in [4.69, 9.17) is 9.26 Å². The average molecular weight is 255 g/mol.